The molecule has 0 aromatic carbocycles. The molecule has 98 valence electrons. The Bertz CT molecular complexity index is 392. The van der Waals surface area contributed by atoms with Crippen molar-refractivity contribution in [2.24, 2.45) is 5.92 Å². The molecule has 0 spiro atoms. The van der Waals surface area contributed by atoms with Gasteiger partial charge in [-0.2, -0.15) is 17.4 Å². The minimum Gasteiger partial charge on any atom is -0.481 e. The third-order valence-corrected chi connectivity index (χ3v) is 4.67. The largest absolute Gasteiger partial charge is 0.481 e. The molecule has 0 saturated carbocycles. The first kappa shape index (κ1) is 12.7. The first-order valence-corrected chi connectivity index (χ1v) is 7.01. The van der Waals surface area contributed by atoms with Crippen molar-refractivity contribution in [1.82, 2.24) is 9.03 Å². The van der Waals surface area contributed by atoms with E-state index in [2.05, 4.69) is 4.72 Å². The van der Waals surface area contributed by atoms with Crippen LogP contribution in [0.15, 0.2) is 0 Å². The number of ether oxygens (including phenoxy) is 1. The number of piperidine rings is 1. The van der Waals surface area contributed by atoms with E-state index in [0.717, 1.165) is 0 Å². The number of carbonyl (C=O) groups is 1. The van der Waals surface area contributed by atoms with E-state index in [0.29, 0.717) is 32.6 Å². The molecule has 2 heterocycles. The molecule has 0 aromatic rings. The van der Waals surface area contributed by atoms with E-state index in [-0.39, 0.29) is 12.6 Å². The van der Waals surface area contributed by atoms with Gasteiger partial charge in [-0.3, -0.25) is 4.79 Å². The van der Waals surface area contributed by atoms with Crippen molar-refractivity contribution in [3.05, 3.63) is 0 Å². The summed E-state index contributed by atoms with van der Waals surface area (Å²) in [5, 5.41) is 8.90. The molecule has 0 aromatic heterocycles. The van der Waals surface area contributed by atoms with Crippen LogP contribution in [0, 0.1) is 5.92 Å². The van der Waals surface area contributed by atoms with Crippen LogP contribution in [0.25, 0.3) is 0 Å². The molecule has 17 heavy (non-hydrogen) atoms. The molecule has 2 saturated heterocycles. The predicted octanol–water partition coefficient (Wildman–Crippen LogP) is -0.984. The van der Waals surface area contributed by atoms with Crippen LogP contribution in [0.4, 0.5) is 0 Å². The molecule has 2 N–H and O–H groups in total. The van der Waals surface area contributed by atoms with Crippen molar-refractivity contribution in [3.63, 3.8) is 0 Å². The van der Waals surface area contributed by atoms with Gasteiger partial charge in [0.15, 0.2) is 0 Å². The second-order valence-corrected chi connectivity index (χ2v) is 6.09. The van der Waals surface area contributed by atoms with Crippen molar-refractivity contribution in [3.8, 4) is 0 Å². The second-order valence-electron chi connectivity index (χ2n) is 4.39. The summed E-state index contributed by atoms with van der Waals surface area (Å²) in [6.45, 7) is 1.20. The SMILES string of the molecule is O=C(O)C1CCCN(S(=O)(=O)NC2COC2)C1. The lowest BCUT2D eigenvalue weighted by Gasteiger charge is -2.33. The average molecular weight is 264 g/mol. The van der Waals surface area contributed by atoms with Crippen molar-refractivity contribution in [1.29, 1.82) is 0 Å². The van der Waals surface area contributed by atoms with Crippen molar-refractivity contribution in [2.45, 2.75) is 18.9 Å². The summed E-state index contributed by atoms with van der Waals surface area (Å²) >= 11 is 0. The number of hydrogen-bond acceptors (Lipinski definition) is 4. The smallest absolute Gasteiger partial charge is 0.307 e. The second kappa shape index (κ2) is 4.89. The lowest BCUT2D eigenvalue weighted by molar-refractivity contribution is -0.142. The summed E-state index contributed by atoms with van der Waals surface area (Å²) < 4.78 is 32.5. The van der Waals surface area contributed by atoms with Gasteiger partial charge in [-0.1, -0.05) is 0 Å². The molecule has 2 aliphatic rings. The summed E-state index contributed by atoms with van der Waals surface area (Å²) in [6, 6.07) is -0.176. The number of carboxylic acid groups (broad SMARTS) is 1. The highest BCUT2D eigenvalue weighted by Crippen LogP contribution is 2.19. The summed E-state index contributed by atoms with van der Waals surface area (Å²) in [5.41, 5.74) is 0. The zero-order valence-electron chi connectivity index (χ0n) is 9.33. The van der Waals surface area contributed by atoms with Gasteiger partial charge in [-0.25, -0.2) is 0 Å². The zero-order valence-corrected chi connectivity index (χ0v) is 10.1. The van der Waals surface area contributed by atoms with Crippen LogP contribution in [0.2, 0.25) is 0 Å². The highest BCUT2D eigenvalue weighted by molar-refractivity contribution is 7.87. The molecule has 2 fully saturated rings. The van der Waals surface area contributed by atoms with E-state index >= 15 is 0 Å². The van der Waals surface area contributed by atoms with E-state index in [1.807, 2.05) is 0 Å². The first-order chi connectivity index (χ1) is 7.99. The van der Waals surface area contributed by atoms with E-state index in [1.165, 1.54) is 4.31 Å². The van der Waals surface area contributed by atoms with Gasteiger partial charge in [-0.15, -0.1) is 0 Å². The minimum atomic E-state index is -3.57. The molecule has 8 heteroatoms. The number of nitrogens with zero attached hydrogens (tertiary/aromatic N) is 1. The molecule has 1 atom stereocenters. The highest BCUT2D eigenvalue weighted by atomic mass is 32.2. The first-order valence-electron chi connectivity index (χ1n) is 5.57. The summed E-state index contributed by atoms with van der Waals surface area (Å²) in [4.78, 5) is 10.9. The van der Waals surface area contributed by atoms with Gasteiger partial charge in [0.2, 0.25) is 0 Å². The van der Waals surface area contributed by atoms with Gasteiger partial charge >= 0.3 is 5.97 Å². The normalized spacial score (nSPS) is 27.6. The molecule has 2 aliphatic heterocycles. The molecule has 0 radical (unpaired) electrons. The number of nitrogens with one attached hydrogen (secondary N) is 1. The molecule has 1 unspecified atom stereocenters. The van der Waals surface area contributed by atoms with Crippen molar-refractivity contribution in [2.75, 3.05) is 26.3 Å². The van der Waals surface area contributed by atoms with Crippen LogP contribution in [0.3, 0.4) is 0 Å². The van der Waals surface area contributed by atoms with Crippen molar-refractivity contribution < 1.29 is 23.1 Å². The molecule has 2 rings (SSSR count). The fourth-order valence-electron chi connectivity index (χ4n) is 1.95. The Morgan fingerprint density at radius 1 is 1.41 bits per heavy atom. The summed E-state index contributed by atoms with van der Waals surface area (Å²) in [5.74, 6) is -1.53. The maximum absolute atomic E-state index is 11.9. The topological polar surface area (TPSA) is 95.9 Å². The van der Waals surface area contributed by atoms with Crippen LogP contribution >= 0.6 is 0 Å². The van der Waals surface area contributed by atoms with E-state index in [1.54, 1.807) is 0 Å². The lowest BCUT2D eigenvalue weighted by Crippen LogP contribution is -2.55. The fraction of sp³-hybridized carbons (Fsp3) is 0.889. The zero-order chi connectivity index (χ0) is 12.5. The van der Waals surface area contributed by atoms with Crippen LogP contribution in [-0.4, -0.2) is 56.1 Å². The highest BCUT2D eigenvalue weighted by Gasteiger charge is 2.34. The predicted molar refractivity (Wildman–Crippen MR) is 58.6 cm³/mol. The van der Waals surface area contributed by atoms with Gasteiger partial charge in [-0.05, 0) is 12.8 Å². The Labute approximate surface area is 99.9 Å². The third kappa shape index (κ3) is 2.95. The summed E-state index contributed by atoms with van der Waals surface area (Å²) in [6.07, 6.45) is 1.12. The Morgan fingerprint density at radius 2 is 2.12 bits per heavy atom. The monoisotopic (exact) mass is 264 g/mol. The number of carboxylic acids is 1. The van der Waals surface area contributed by atoms with Crippen LogP contribution < -0.4 is 4.72 Å². The number of aliphatic carboxylic acids is 1. The minimum absolute atomic E-state index is 0.0538. The van der Waals surface area contributed by atoms with Crippen LogP contribution in [0.5, 0.6) is 0 Å². The van der Waals surface area contributed by atoms with E-state index in [9.17, 15) is 13.2 Å². The molecule has 7 nitrogen and oxygen atoms in total. The Kier molecular flexibility index (Phi) is 3.67. The van der Waals surface area contributed by atoms with Gasteiger partial charge in [0.05, 0.1) is 25.2 Å². The van der Waals surface area contributed by atoms with Crippen LogP contribution in [-0.2, 0) is 19.7 Å². The molecule has 0 amide bonds. The van der Waals surface area contributed by atoms with E-state index < -0.39 is 22.1 Å². The summed E-state index contributed by atoms with van der Waals surface area (Å²) in [7, 11) is -3.57. The Morgan fingerprint density at radius 3 is 2.65 bits per heavy atom. The Hall–Kier alpha value is -0.700. The lowest BCUT2D eigenvalue weighted by atomic mass is 10.0. The van der Waals surface area contributed by atoms with Crippen LogP contribution in [0.1, 0.15) is 12.8 Å². The maximum atomic E-state index is 11.9. The van der Waals surface area contributed by atoms with Gasteiger partial charge in [0.1, 0.15) is 0 Å². The van der Waals surface area contributed by atoms with Gasteiger partial charge < -0.3 is 9.84 Å². The number of rotatable bonds is 4. The standard InChI is InChI=1S/C9H16N2O5S/c12-9(13)7-2-1-3-11(4-7)17(14,15)10-8-5-16-6-8/h7-8,10H,1-6H2,(H,12,13). The maximum Gasteiger partial charge on any atom is 0.307 e. The van der Waals surface area contributed by atoms with E-state index in [4.69, 9.17) is 9.84 Å². The van der Waals surface area contributed by atoms with Crippen molar-refractivity contribution >= 4 is 16.2 Å². The average Bonchev–Trinajstić information content (AvgIpc) is 2.24. The Balaban J connectivity index is 1.97. The third-order valence-electron chi connectivity index (χ3n) is 3.03. The molecule has 0 bridgehead atoms. The number of hydrogen-bond donors (Lipinski definition) is 2. The van der Waals surface area contributed by atoms with Gasteiger partial charge in [0.25, 0.3) is 10.2 Å². The fourth-order valence-corrected chi connectivity index (χ4v) is 3.40. The van der Waals surface area contributed by atoms with Gasteiger partial charge in [0, 0.05) is 13.1 Å². The molecular weight excluding hydrogens is 248 g/mol. The quantitative estimate of drug-likeness (QED) is 0.680. The molecular formula is C9H16N2O5S. The molecule has 0 aliphatic carbocycles.